The normalized spacial score (nSPS) is 11.6. The molecule has 0 aliphatic carbocycles. The van der Waals surface area contributed by atoms with E-state index in [1.54, 1.807) is 0 Å². The molecule has 0 radical (unpaired) electrons. The predicted octanol–water partition coefficient (Wildman–Crippen LogP) is 4.28. The number of amides is 1. The number of aryl methyl sites for hydroxylation is 1. The molecule has 0 fully saturated rings. The lowest BCUT2D eigenvalue weighted by atomic mass is 9.87. The first-order valence-electron chi connectivity index (χ1n) is 8.83. The molecule has 2 aromatic rings. The van der Waals surface area contributed by atoms with Crippen LogP contribution in [0.2, 0.25) is 0 Å². The number of rotatable bonds is 6. The first-order chi connectivity index (χ1) is 12.3. The van der Waals surface area contributed by atoms with Gasteiger partial charge >= 0.3 is 0 Å². The number of anilines is 1. The molecule has 0 unspecified atom stereocenters. The zero-order valence-corrected chi connectivity index (χ0v) is 16.0. The van der Waals surface area contributed by atoms with Crippen LogP contribution in [0.25, 0.3) is 6.08 Å². The summed E-state index contributed by atoms with van der Waals surface area (Å²) >= 11 is 0. The van der Waals surface area contributed by atoms with Crippen LogP contribution in [-0.4, -0.2) is 19.1 Å². The molecule has 4 heteroatoms. The molecule has 138 valence electrons. The zero-order chi connectivity index (χ0) is 19.2. The Morgan fingerprint density at radius 2 is 1.85 bits per heavy atom. The van der Waals surface area contributed by atoms with Gasteiger partial charge in [-0.1, -0.05) is 51.1 Å². The van der Waals surface area contributed by atoms with Gasteiger partial charge in [0.1, 0.15) is 12.4 Å². The van der Waals surface area contributed by atoms with Crippen molar-refractivity contribution in [2.45, 2.75) is 33.1 Å². The van der Waals surface area contributed by atoms with Gasteiger partial charge in [0.2, 0.25) is 5.91 Å². The summed E-state index contributed by atoms with van der Waals surface area (Å²) < 4.78 is 5.58. The molecule has 0 atom stereocenters. The van der Waals surface area contributed by atoms with Crippen LogP contribution in [0.5, 0.6) is 5.75 Å². The molecule has 4 nitrogen and oxygen atoms in total. The number of ether oxygens (including phenoxy) is 1. The molecule has 0 saturated heterocycles. The second kappa shape index (κ2) is 8.68. The van der Waals surface area contributed by atoms with Crippen LogP contribution in [0.3, 0.4) is 0 Å². The number of nitrogens with one attached hydrogen (secondary N) is 1. The summed E-state index contributed by atoms with van der Waals surface area (Å²) in [5.41, 5.74) is 9.55. The zero-order valence-electron chi connectivity index (χ0n) is 16.0. The Balaban J connectivity index is 2.01. The fraction of sp³-hybridized carbons (Fsp3) is 0.318. The molecule has 0 heterocycles. The predicted molar refractivity (Wildman–Crippen MR) is 109 cm³/mol. The van der Waals surface area contributed by atoms with Gasteiger partial charge in [-0.15, -0.1) is 0 Å². The molecule has 0 bridgehead atoms. The van der Waals surface area contributed by atoms with Crippen LogP contribution in [0.4, 0.5) is 5.69 Å². The highest BCUT2D eigenvalue weighted by molar-refractivity contribution is 6.02. The van der Waals surface area contributed by atoms with E-state index in [0.29, 0.717) is 18.8 Å². The summed E-state index contributed by atoms with van der Waals surface area (Å²) in [7, 11) is 0. The molecule has 0 spiro atoms. The van der Waals surface area contributed by atoms with Crippen molar-refractivity contribution in [3.05, 3.63) is 65.2 Å². The first-order valence-corrected chi connectivity index (χ1v) is 8.83. The Morgan fingerprint density at radius 1 is 1.15 bits per heavy atom. The van der Waals surface area contributed by atoms with Gasteiger partial charge in [-0.3, -0.25) is 4.79 Å². The van der Waals surface area contributed by atoms with Gasteiger partial charge in [0.15, 0.2) is 0 Å². The molecule has 3 N–H and O–H groups in total. The molecule has 1 amide bonds. The van der Waals surface area contributed by atoms with Gasteiger partial charge in [0.05, 0.1) is 0 Å². The van der Waals surface area contributed by atoms with Crippen LogP contribution >= 0.6 is 0 Å². The summed E-state index contributed by atoms with van der Waals surface area (Å²) in [5.74, 6) is 0.550. The molecule has 2 rings (SSSR count). The highest BCUT2D eigenvalue weighted by atomic mass is 16.5. The van der Waals surface area contributed by atoms with Crippen molar-refractivity contribution in [3.63, 3.8) is 0 Å². The minimum absolute atomic E-state index is 0.120. The van der Waals surface area contributed by atoms with E-state index in [2.05, 4.69) is 38.2 Å². The van der Waals surface area contributed by atoms with Crippen LogP contribution in [-0.2, 0) is 10.2 Å². The second-order valence-corrected chi connectivity index (χ2v) is 7.31. The summed E-state index contributed by atoms with van der Waals surface area (Å²) in [5, 5.41) is 2.85. The summed E-state index contributed by atoms with van der Waals surface area (Å²) in [4.78, 5) is 12.2. The van der Waals surface area contributed by atoms with Gasteiger partial charge in [0, 0.05) is 24.4 Å². The third-order valence-electron chi connectivity index (χ3n) is 4.03. The SMILES string of the molecule is Cc1ccc(NC(=O)C=Cc2ccc(C(C)(C)C)cc2)cc1OCCN. The Kier molecular flexibility index (Phi) is 6.58. The van der Waals surface area contributed by atoms with Crippen molar-refractivity contribution in [2.24, 2.45) is 5.73 Å². The average Bonchev–Trinajstić information content (AvgIpc) is 2.60. The van der Waals surface area contributed by atoms with Crippen LogP contribution in [0.15, 0.2) is 48.5 Å². The third kappa shape index (κ3) is 5.74. The van der Waals surface area contributed by atoms with Gasteiger partial charge in [0.25, 0.3) is 0 Å². The molecule has 0 saturated carbocycles. The maximum atomic E-state index is 12.2. The van der Waals surface area contributed by atoms with Crippen molar-refractivity contribution in [1.82, 2.24) is 0 Å². The van der Waals surface area contributed by atoms with E-state index < -0.39 is 0 Å². The maximum Gasteiger partial charge on any atom is 0.248 e. The van der Waals surface area contributed by atoms with Crippen LogP contribution < -0.4 is 15.8 Å². The lowest BCUT2D eigenvalue weighted by molar-refractivity contribution is -0.111. The minimum atomic E-state index is -0.182. The van der Waals surface area contributed by atoms with Crippen molar-refractivity contribution >= 4 is 17.7 Å². The number of carbonyl (C=O) groups excluding carboxylic acids is 1. The van der Waals surface area contributed by atoms with Crippen molar-refractivity contribution in [3.8, 4) is 5.75 Å². The van der Waals surface area contributed by atoms with E-state index in [9.17, 15) is 4.79 Å². The summed E-state index contributed by atoms with van der Waals surface area (Å²) in [6, 6.07) is 13.8. The average molecular weight is 352 g/mol. The Labute approximate surface area is 156 Å². The smallest absolute Gasteiger partial charge is 0.248 e. The Hall–Kier alpha value is -2.59. The molecule has 26 heavy (non-hydrogen) atoms. The third-order valence-corrected chi connectivity index (χ3v) is 4.03. The number of hydrogen-bond donors (Lipinski definition) is 2. The molecular formula is C22H28N2O2. The van der Waals surface area contributed by atoms with Gasteiger partial charge < -0.3 is 15.8 Å². The Bertz CT molecular complexity index is 772. The van der Waals surface area contributed by atoms with Gasteiger partial charge in [-0.05, 0) is 41.2 Å². The fourth-order valence-corrected chi connectivity index (χ4v) is 2.45. The van der Waals surface area contributed by atoms with E-state index in [4.69, 9.17) is 10.5 Å². The molecular weight excluding hydrogens is 324 g/mol. The molecule has 0 aromatic heterocycles. The van der Waals surface area contributed by atoms with E-state index in [-0.39, 0.29) is 11.3 Å². The molecule has 2 aromatic carbocycles. The molecule has 0 aliphatic heterocycles. The summed E-state index contributed by atoms with van der Waals surface area (Å²) in [6.45, 7) is 9.39. The topological polar surface area (TPSA) is 64.3 Å². The van der Waals surface area contributed by atoms with Crippen molar-refractivity contribution in [1.29, 1.82) is 0 Å². The Morgan fingerprint density at radius 3 is 2.46 bits per heavy atom. The van der Waals surface area contributed by atoms with Crippen molar-refractivity contribution in [2.75, 3.05) is 18.5 Å². The second-order valence-electron chi connectivity index (χ2n) is 7.31. The van der Waals surface area contributed by atoms with Crippen molar-refractivity contribution < 1.29 is 9.53 Å². The number of carbonyl (C=O) groups is 1. The van der Waals surface area contributed by atoms with Crippen LogP contribution in [0.1, 0.15) is 37.5 Å². The van der Waals surface area contributed by atoms with E-state index in [1.165, 1.54) is 11.6 Å². The number of nitrogens with two attached hydrogens (primary N) is 1. The van der Waals surface area contributed by atoms with Gasteiger partial charge in [-0.25, -0.2) is 0 Å². The maximum absolute atomic E-state index is 12.2. The first kappa shape index (κ1) is 19.7. The minimum Gasteiger partial charge on any atom is -0.492 e. The quantitative estimate of drug-likeness (QED) is 0.763. The van der Waals surface area contributed by atoms with E-state index in [0.717, 1.165) is 16.9 Å². The number of hydrogen-bond acceptors (Lipinski definition) is 3. The monoisotopic (exact) mass is 352 g/mol. The lowest BCUT2D eigenvalue weighted by Crippen LogP contribution is -2.12. The van der Waals surface area contributed by atoms with E-state index in [1.807, 2.05) is 43.3 Å². The van der Waals surface area contributed by atoms with Gasteiger partial charge in [-0.2, -0.15) is 0 Å². The lowest BCUT2D eigenvalue weighted by Gasteiger charge is -2.18. The highest BCUT2D eigenvalue weighted by Crippen LogP contribution is 2.23. The standard InChI is InChI=1S/C22H28N2O2/c1-16-5-11-19(15-20(16)26-14-13-23)24-21(25)12-8-17-6-9-18(10-7-17)22(2,3)4/h5-12,15H,13-14,23H2,1-4H3,(H,24,25). The highest BCUT2D eigenvalue weighted by Gasteiger charge is 2.12. The fourth-order valence-electron chi connectivity index (χ4n) is 2.45. The largest absolute Gasteiger partial charge is 0.492 e. The molecule has 0 aliphatic rings. The van der Waals surface area contributed by atoms with Crippen LogP contribution in [0, 0.1) is 6.92 Å². The van der Waals surface area contributed by atoms with E-state index >= 15 is 0 Å². The summed E-state index contributed by atoms with van der Waals surface area (Å²) in [6.07, 6.45) is 3.34. The number of benzene rings is 2.